The van der Waals surface area contributed by atoms with Crippen molar-refractivity contribution in [3.63, 3.8) is 0 Å². The molecular formula is C4H7ClO2. The van der Waals surface area contributed by atoms with Crippen LogP contribution in [0.25, 0.3) is 0 Å². The van der Waals surface area contributed by atoms with E-state index in [0.717, 1.165) is 0 Å². The Morgan fingerprint density at radius 3 is 2.43 bits per heavy atom. The van der Waals surface area contributed by atoms with Crippen molar-refractivity contribution >= 4 is 16.8 Å². The van der Waals surface area contributed by atoms with Gasteiger partial charge in [0, 0.05) is 13.0 Å². The zero-order valence-electron chi connectivity index (χ0n) is 3.85. The Labute approximate surface area is 47.1 Å². The van der Waals surface area contributed by atoms with Gasteiger partial charge in [-0.25, -0.2) is 0 Å². The molecule has 0 aliphatic rings. The summed E-state index contributed by atoms with van der Waals surface area (Å²) in [6.07, 6.45) is 0.750. The molecule has 0 unspecified atom stereocenters. The lowest BCUT2D eigenvalue weighted by molar-refractivity contribution is -0.111. The van der Waals surface area contributed by atoms with Gasteiger partial charge in [-0.1, -0.05) is 0 Å². The summed E-state index contributed by atoms with van der Waals surface area (Å²) < 4.78 is 0. The first-order valence-corrected chi connectivity index (χ1v) is 2.44. The second kappa shape index (κ2) is 4.09. The molecule has 0 aromatic rings. The number of hydrogen-bond donors (Lipinski definition) is 1. The fraction of sp³-hybridized carbons (Fsp3) is 0.750. The van der Waals surface area contributed by atoms with E-state index in [-0.39, 0.29) is 18.3 Å². The molecule has 1 N–H and O–H groups in total. The molecule has 42 valence electrons. The van der Waals surface area contributed by atoms with Crippen molar-refractivity contribution in [3.05, 3.63) is 0 Å². The van der Waals surface area contributed by atoms with E-state index in [0.29, 0.717) is 6.42 Å². The summed E-state index contributed by atoms with van der Waals surface area (Å²) in [4.78, 5) is 9.86. The van der Waals surface area contributed by atoms with Crippen LogP contribution < -0.4 is 0 Å². The van der Waals surface area contributed by atoms with Crippen molar-refractivity contribution in [1.82, 2.24) is 0 Å². The molecule has 0 atom stereocenters. The standard InChI is InChI=1S/C4H7ClO2/c5-4(7)2-1-3-6/h6H,1-3H2. The third kappa shape index (κ3) is 5.92. The van der Waals surface area contributed by atoms with E-state index < -0.39 is 0 Å². The number of aliphatic hydroxyl groups is 1. The zero-order chi connectivity index (χ0) is 5.70. The molecule has 0 amide bonds. The van der Waals surface area contributed by atoms with Gasteiger partial charge in [0.05, 0.1) is 0 Å². The van der Waals surface area contributed by atoms with Crippen molar-refractivity contribution < 1.29 is 9.90 Å². The summed E-state index contributed by atoms with van der Waals surface area (Å²) in [6.45, 7) is 0.0401. The molecule has 0 aromatic heterocycles. The van der Waals surface area contributed by atoms with E-state index in [9.17, 15) is 4.79 Å². The molecule has 0 aliphatic carbocycles. The molecule has 0 bridgehead atoms. The summed E-state index contributed by atoms with van der Waals surface area (Å²) in [7, 11) is 0. The van der Waals surface area contributed by atoms with Crippen LogP contribution in [0.2, 0.25) is 0 Å². The lowest BCUT2D eigenvalue weighted by atomic mass is 10.3. The van der Waals surface area contributed by atoms with E-state index in [4.69, 9.17) is 16.7 Å². The van der Waals surface area contributed by atoms with Crippen LogP contribution in [0.1, 0.15) is 12.8 Å². The van der Waals surface area contributed by atoms with Crippen molar-refractivity contribution in [2.45, 2.75) is 12.8 Å². The average Bonchev–Trinajstić information content (AvgIpc) is 1.61. The summed E-state index contributed by atoms with van der Waals surface area (Å²) in [5.41, 5.74) is 0. The fourth-order valence-electron chi connectivity index (χ4n) is 0.218. The van der Waals surface area contributed by atoms with E-state index in [1.807, 2.05) is 0 Å². The summed E-state index contributed by atoms with van der Waals surface area (Å²) in [6, 6.07) is 0. The predicted molar refractivity (Wildman–Crippen MR) is 27.2 cm³/mol. The van der Waals surface area contributed by atoms with Crippen LogP contribution in [0.4, 0.5) is 0 Å². The Balaban J connectivity index is 2.82. The number of rotatable bonds is 3. The van der Waals surface area contributed by atoms with Gasteiger partial charge < -0.3 is 5.11 Å². The van der Waals surface area contributed by atoms with Crippen molar-refractivity contribution in [2.24, 2.45) is 0 Å². The van der Waals surface area contributed by atoms with Gasteiger partial charge in [-0.15, -0.1) is 0 Å². The molecule has 2 nitrogen and oxygen atoms in total. The second-order valence-corrected chi connectivity index (χ2v) is 1.60. The molecule has 0 rings (SSSR count). The number of halogens is 1. The second-order valence-electron chi connectivity index (χ2n) is 1.18. The van der Waals surface area contributed by atoms with E-state index >= 15 is 0 Å². The lowest BCUT2D eigenvalue weighted by Crippen LogP contribution is -1.88. The van der Waals surface area contributed by atoms with Gasteiger partial charge in [-0.2, -0.15) is 0 Å². The zero-order valence-corrected chi connectivity index (χ0v) is 4.61. The number of carbonyl (C=O) groups excluding carboxylic acids is 1. The van der Waals surface area contributed by atoms with Gasteiger partial charge in [0.1, 0.15) is 0 Å². The van der Waals surface area contributed by atoms with Gasteiger partial charge in [-0.05, 0) is 18.0 Å². The van der Waals surface area contributed by atoms with Crippen LogP contribution in [0.3, 0.4) is 0 Å². The first-order chi connectivity index (χ1) is 3.27. The molecule has 0 fully saturated rings. The highest BCUT2D eigenvalue weighted by molar-refractivity contribution is 6.63. The van der Waals surface area contributed by atoms with E-state index in [2.05, 4.69) is 0 Å². The number of hydrogen-bond acceptors (Lipinski definition) is 2. The number of aliphatic hydroxyl groups excluding tert-OH is 1. The van der Waals surface area contributed by atoms with Crippen molar-refractivity contribution in [1.29, 1.82) is 0 Å². The Morgan fingerprint density at radius 2 is 2.29 bits per heavy atom. The monoisotopic (exact) mass is 122 g/mol. The van der Waals surface area contributed by atoms with Crippen LogP contribution in [0, 0.1) is 0 Å². The Morgan fingerprint density at radius 1 is 1.71 bits per heavy atom. The highest BCUT2D eigenvalue weighted by Gasteiger charge is 1.91. The predicted octanol–water partition coefficient (Wildman–Crippen LogP) is 0.524. The maximum atomic E-state index is 9.86. The minimum absolute atomic E-state index is 0.0401. The minimum Gasteiger partial charge on any atom is -0.396 e. The first-order valence-electron chi connectivity index (χ1n) is 2.06. The fourth-order valence-corrected chi connectivity index (χ4v) is 0.352. The smallest absolute Gasteiger partial charge is 0.221 e. The Hall–Kier alpha value is -0.0800. The minimum atomic E-state index is -0.381. The van der Waals surface area contributed by atoms with Gasteiger partial charge in [-0.3, -0.25) is 4.79 Å². The quantitative estimate of drug-likeness (QED) is 0.555. The third-order valence-corrected chi connectivity index (χ3v) is 0.720. The number of carbonyl (C=O) groups is 1. The van der Waals surface area contributed by atoms with Crippen molar-refractivity contribution in [3.8, 4) is 0 Å². The van der Waals surface area contributed by atoms with Crippen LogP contribution in [-0.4, -0.2) is 17.0 Å². The molecular weight excluding hydrogens is 115 g/mol. The molecule has 0 saturated heterocycles. The normalized spacial score (nSPS) is 8.86. The average molecular weight is 123 g/mol. The highest BCUT2D eigenvalue weighted by Crippen LogP contribution is 1.91. The summed E-state index contributed by atoms with van der Waals surface area (Å²) in [5.74, 6) is 0. The first kappa shape index (κ1) is 6.92. The van der Waals surface area contributed by atoms with Crippen LogP contribution in [-0.2, 0) is 4.79 Å². The van der Waals surface area contributed by atoms with Crippen LogP contribution >= 0.6 is 11.6 Å². The molecule has 0 heterocycles. The SMILES string of the molecule is O=C(Cl)CCCO. The van der Waals surface area contributed by atoms with Gasteiger partial charge >= 0.3 is 0 Å². The van der Waals surface area contributed by atoms with Gasteiger partial charge in [0.2, 0.25) is 5.24 Å². The van der Waals surface area contributed by atoms with Crippen LogP contribution in [0.5, 0.6) is 0 Å². The molecule has 0 radical (unpaired) electrons. The van der Waals surface area contributed by atoms with E-state index in [1.54, 1.807) is 0 Å². The molecule has 0 aliphatic heterocycles. The molecule has 3 heteroatoms. The Kier molecular flexibility index (Phi) is 4.04. The topological polar surface area (TPSA) is 37.3 Å². The maximum absolute atomic E-state index is 9.86. The van der Waals surface area contributed by atoms with Gasteiger partial charge in [0.25, 0.3) is 0 Å². The largest absolute Gasteiger partial charge is 0.396 e. The molecule has 0 spiro atoms. The Bertz CT molecular complexity index is 62.7. The van der Waals surface area contributed by atoms with Crippen LogP contribution in [0.15, 0.2) is 0 Å². The highest BCUT2D eigenvalue weighted by atomic mass is 35.5. The summed E-state index contributed by atoms with van der Waals surface area (Å²) >= 11 is 4.91. The molecule has 0 aromatic carbocycles. The van der Waals surface area contributed by atoms with Crippen molar-refractivity contribution in [2.75, 3.05) is 6.61 Å². The third-order valence-electron chi connectivity index (χ3n) is 0.531. The maximum Gasteiger partial charge on any atom is 0.221 e. The summed E-state index contributed by atoms with van der Waals surface area (Å²) in [5, 5.41) is 7.72. The lowest BCUT2D eigenvalue weighted by Gasteiger charge is -1.84. The van der Waals surface area contributed by atoms with Gasteiger partial charge in [0.15, 0.2) is 0 Å². The molecule has 7 heavy (non-hydrogen) atoms. The molecule has 0 saturated carbocycles. The van der Waals surface area contributed by atoms with E-state index in [1.165, 1.54) is 0 Å².